The van der Waals surface area contributed by atoms with Crippen LogP contribution in [0.25, 0.3) is 0 Å². The Morgan fingerprint density at radius 1 is 1.14 bits per heavy atom. The zero-order valence-electron chi connectivity index (χ0n) is 9.30. The van der Waals surface area contributed by atoms with E-state index in [1.54, 1.807) is 7.11 Å². The van der Waals surface area contributed by atoms with E-state index in [1.165, 1.54) is 12.8 Å². The molecule has 0 aliphatic heterocycles. The summed E-state index contributed by atoms with van der Waals surface area (Å²) in [5.74, 6) is 0. The maximum Gasteiger partial charge on any atom is 0.0587 e. The summed E-state index contributed by atoms with van der Waals surface area (Å²) in [7, 11) is 1.72. The van der Waals surface area contributed by atoms with Crippen molar-refractivity contribution in [3.63, 3.8) is 0 Å². The van der Waals surface area contributed by atoms with Crippen molar-refractivity contribution in [3.05, 3.63) is 24.8 Å². The van der Waals surface area contributed by atoms with Gasteiger partial charge in [-0.05, 0) is 32.2 Å². The maximum absolute atomic E-state index is 4.92. The molecule has 0 fully saturated rings. The average Bonchev–Trinajstić information content (AvgIpc) is 2.21. The van der Waals surface area contributed by atoms with Crippen molar-refractivity contribution in [1.82, 2.24) is 5.32 Å². The third kappa shape index (κ3) is 11.4. The molecule has 0 atom stereocenters. The number of ether oxygens (including phenoxy) is 1. The second kappa shape index (κ2) is 12.4. The molecule has 0 aromatic rings. The van der Waals surface area contributed by atoms with Crippen molar-refractivity contribution in [2.45, 2.75) is 25.7 Å². The topological polar surface area (TPSA) is 21.3 Å². The third-order valence-electron chi connectivity index (χ3n) is 1.92. The predicted octanol–water partition coefficient (Wildman–Crippen LogP) is 2.53. The molecule has 2 nitrogen and oxygen atoms in total. The fraction of sp³-hybridized carbons (Fsp3) is 0.667. The normalized spacial score (nSPS) is 10.9. The van der Waals surface area contributed by atoms with E-state index >= 15 is 0 Å². The highest BCUT2D eigenvalue weighted by Crippen LogP contribution is 1.97. The summed E-state index contributed by atoms with van der Waals surface area (Å²) in [6.07, 6.45) is 11.1. The third-order valence-corrected chi connectivity index (χ3v) is 1.92. The van der Waals surface area contributed by atoms with Gasteiger partial charge >= 0.3 is 0 Å². The molecular weight excluding hydrogens is 174 g/mol. The first-order valence-electron chi connectivity index (χ1n) is 5.37. The lowest BCUT2D eigenvalue weighted by atomic mass is 10.2. The van der Waals surface area contributed by atoms with E-state index in [-0.39, 0.29) is 0 Å². The molecule has 0 aliphatic rings. The molecule has 1 N–H and O–H groups in total. The van der Waals surface area contributed by atoms with Crippen LogP contribution in [0.4, 0.5) is 0 Å². The van der Waals surface area contributed by atoms with E-state index < -0.39 is 0 Å². The van der Waals surface area contributed by atoms with Gasteiger partial charge in [-0.3, -0.25) is 0 Å². The molecule has 0 unspecified atom stereocenters. The highest BCUT2D eigenvalue weighted by atomic mass is 16.5. The predicted molar refractivity (Wildman–Crippen MR) is 62.6 cm³/mol. The van der Waals surface area contributed by atoms with Gasteiger partial charge in [0.25, 0.3) is 0 Å². The van der Waals surface area contributed by atoms with E-state index in [1.807, 2.05) is 6.08 Å². The highest BCUT2D eigenvalue weighted by molar-refractivity contribution is 4.83. The van der Waals surface area contributed by atoms with Crippen molar-refractivity contribution >= 4 is 0 Å². The van der Waals surface area contributed by atoms with Crippen LogP contribution in [-0.4, -0.2) is 26.8 Å². The molecule has 14 heavy (non-hydrogen) atoms. The molecule has 0 aliphatic carbocycles. The van der Waals surface area contributed by atoms with Crippen LogP contribution in [0, 0.1) is 0 Å². The fourth-order valence-corrected chi connectivity index (χ4v) is 1.10. The molecule has 0 saturated heterocycles. The number of methoxy groups -OCH3 is 1. The Labute approximate surface area is 88.0 Å². The summed E-state index contributed by atoms with van der Waals surface area (Å²) >= 11 is 0. The van der Waals surface area contributed by atoms with Gasteiger partial charge in [0, 0.05) is 13.7 Å². The van der Waals surface area contributed by atoms with Crippen LogP contribution in [-0.2, 0) is 4.74 Å². The summed E-state index contributed by atoms with van der Waals surface area (Å²) in [4.78, 5) is 0. The van der Waals surface area contributed by atoms with Gasteiger partial charge in [0.15, 0.2) is 0 Å². The lowest BCUT2D eigenvalue weighted by molar-refractivity contribution is 0.199. The van der Waals surface area contributed by atoms with Crippen molar-refractivity contribution in [2.24, 2.45) is 0 Å². The maximum atomic E-state index is 4.92. The molecule has 0 spiro atoms. The summed E-state index contributed by atoms with van der Waals surface area (Å²) in [6.45, 7) is 6.47. The lowest BCUT2D eigenvalue weighted by Crippen LogP contribution is -2.19. The van der Waals surface area contributed by atoms with Gasteiger partial charge < -0.3 is 10.1 Å². The average molecular weight is 197 g/mol. The van der Waals surface area contributed by atoms with Crippen molar-refractivity contribution in [2.75, 3.05) is 26.8 Å². The molecule has 0 amide bonds. The van der Waals surface area contributed by atoms with Crippen molar-refractivity contribution in [3.8, 4) is 0 Å². The van der Waals surface area contributed by atoms with Gasteiger partial charge in [-0.1, -0.05) is 18.2 Å². The number of hydrogen-bond acceptors (Lipinski definition) is 2. The van der Waals surface area contributed by atoms with Gasteiger partial charge in [0.1, 0.15) is 0 Å². The number of rotatable bonds is 10. The SMILES string of the molecule is C=CCCCC=CCCNCCOC. The zero-order chi connectivity index (χ0) is 10.5. The first kappa shape index (κ1) is 13.4. The van der Waals surface area contributed by atoms with E-state index in [0.717, 1.165) is 32.5 Å². The van der Waals surface area contributed by atoms with Crippen LogP contribution >= 0.6 is 0 Å². The molecule has 82 valence electrons. The van der Waals surface area contributed by atoms with Crippen LogP contribution in [0.5, 0.6) is 0 Å². The minimum atomic E-state index is 0.795. The van der Waals surface area contributed by atoms with Gasteiger partial charge in [0.05, 0.1) is 6.61 Å². The Morgan fingerprint density at radius 3 is 2.64 bits per heavy atom. The number of unbranched alkanes of at least 4 members (excludes halogenated alkanes) is 2. The van der Waals surface area contributed by atoms with Crippen LogP contribution in [0.15, 0.2) is 24.8 Å². The van der Waals surface area contributed by atoms with Crippen LogP contribution in [0.1, 0.15) is 25.7 Å². The van der Waals surface area contributed by atoms with E-state index in [0.29, 0.717) is 0 Å². The Morgan fingerprint density at radius 2 is 1.93 bits per heavy atom. The molecule has 0 rings (SSSR count). The summed E-state index contributed by atoms with van der Waals surface area (Å²) < 4.78 is 4.92. The molecular formula is C12H23NO. The summed E-state index contributed by atoms with van der Waals surface area (Å²) in [5.41, 5.74) is 0. The van der Waals surface area contributed by atoms with Gasteiger partial charge in [-0.25, -0.2) is 0 Å². The number of nitrogens with one attached hydrogen (secondary N) is 1. The minimum absolute atomic E-state index is 0.795. The minimum Gasteiger partial charge on any atom is -0.383 e. The van der Waals surface area contributed by atoms with E-state index in [9.17, 15) is 0 Å². The zero-order valence-corrected chi connectivity index (χ0v) is 9.30. The Balaban J connectivity index is 2.99. The second-order valence-corrected chi connectivity index (χ2v) is 3.22. The first-order valence-corrected chi connectivity index (χ1v) is 5.37. The highest BCUT2D eigenvalue weighted by Gasteiger charge is 1.84. The Bertz CT molecular complexity index is 143. The smallest absolute Gasteiger partial charge is 0.0587 e. The van der Waals surface area contributed by atoms with Crippen LogP contribution < -0.4 is 5.32 Å². The van der Waals surface area contributed by atoms with Gasteiger partial charge in [-0.2, -0.15) is 0 Å². The number of hydrogen-bond donors (Lipinski definition) is 1. The molecule has 0 aromatic heterocycles. The van der Waals surface area contributed by atoms with Crippen molar-refractivity contribution in [1.29, 1.82) is 0 Å². The largest absolute Gasteiger partial charge is 0.383 e. The Kier molecular flexibility index (Phi) is 11.9. The van der Waals surface area contributed by atoms with E-state index in [4.69, 9.17) is 4.74 Å². The van der Waals surface area contributed by atoms with Crippen LogP contribution in [0.2, 0.25) is 0 Å². The van der Waals surface area contributed by atoms with Crippen molar-refractivity contribution < 1.29 is 4.74 Å². The first-order chi connectivity index (χ1) is 6.91. The Hall–Kier alpha value is -0.600. The fourth-order valence-electron chi connectivity index (χ4n) is 1.10. The molecule has 0 saturated carbocycles. The summed E-state index contributed by atoms with van der Waals surface area (Å²) in [6, 6.07) is 0. The van der Waals surface area contributed by atoms with Crippen LogP contribution in [0.3, 0.4) is 0 Å². The van der Waals surface area contributed by atoms with Gasteiger partial charge in [-0.15, -0.1) is 6.58 Å². The molecule has 0 radical (unpaired) electrons. The molecule has 0 aromatic carbocycles. The standard InChI is InChI=1S/C12H23NO/c1-3-4-5-6-7-8-9-10-13-11-12-14-2/h3,7-8,13H,1,4-6,9-12H2,2H3. The van der Waals surface area contributed by atoms with Gasteiger partial charge in [0.2, 0.25) is 0 Å². The monoisotopic (exact) mass is 197 g/mol. The summed E-state index contributed by atoms with van der Waals surface area (Å²) in [5, 5.41) is 3.30. The molecule has 0 bridgehead atoms. The van der Waals surface area contributed by atoms with E-state index in [2.05, 4.69) is 24.0 Å². The quantitative estimate of drug-likeness (QED) is 0.429. The molecule has 0 heterocycles. The number of allylic oxidation sites excluding steroid dienone is 2. The lowest BCUT2D eigenvalue weighted by Gasteiger charge is -2.00. The second-order valence-electron chi connectivity index (χ2n) is 3.22. The molecule has 2 heteroatoms.